The molecule has 0 bridgehead atoms. The van der Waals surface area contributed by atoms with Gasteiger partial charge in [-0.3, -0.25) is 4.79 Å². The predicted molar refractivity (Wildman–Crippen MR) is 114 cm³/mol. The molecule has 0 spiro atoms. The highest BCUT2D eigenvalue weighted by Gasteiger charge is 2.38. The minimum atomic E-state index is -0.218. The maximum atomic E-state index is 12.6. The van der Waals surface area contributed by atoms with E-state index in [4.69, 9.17) is 14.2 Å². The van der Waals surface area contributed by atoms with Gasteiger partial charge in [-0.1, -0.05) is 32.0 Å². The summed E-state index contributed by atoms with van der Waals surface area (Å²) in [5.41, 5.74) is 0.844. The molecule has 1 atom stereocenters. The molecule has 5 nitrogen and oxygen atoms in total. The van der Waals surface area contributed by atoms with Crippen molar-refractivity contribution < 1.29 is 19.0 Å². The minimum absolute atomic E-state index is 0.0187. The molecule has 1 aliphatic rings. The van der Waals surface area contributed by atoms with E-state index in [9.17, 15) is 4.79 Å². The number of rotatable bonds is 9. The normalized spacial score (nSPS) is 17.0. The van der Waals surface area contributed by atoms with Crippen molar-refractivity contribution in [3.63, 3.8) is 0 Å². The second-order valence-corrected chi connectivity index (χ2v) is 7.48. The van der Waals surface area contributed by atoms with E-state index in [2.05, 4.69) is 19.2 Å². The maximum Gasteiger partial charge on any atom is 0.220 e. The Kier molecular flexibility index (Phi) is 7.02. The SMILES string of the molecule is CCC1(CC)CC(NC(=O)CCCOc2ccc(OC)cc2)c2ccccc2O1. The monoisotopic (exact) mass is 397 g/mol. The first kappa shape index (κ1) is 21.0. The van der Waals surface area contributed by atoms with Crippen LogP contribution in [0.5, 0.6) is 17.2 Å². The first-order valence-electron chi connectivity index (χ1n) is 10.4. The van der Waals surface area contributed by atoms with Crippen LogP contribution < -0.4 is 19.5 Å². The summed E-state index contributed by atoms with van der Waals surface area (Å²) in [5, 5.41) is 3.22. The Morgan fingerprint density at radius 3 is 2.48 bits per heavy atom. The van der Waals surface area contributed by atoms with Crippen LogP contribution in [-0.2, 0) is 4.79 Å². The molecule has 2 aromatic rings. The van der Waals surface area contributed by atoms with Gasteiger partial charge in [0.05, 0.1) is 19.8 Å². The summed E-state index contributed by atoms with van der Waals surface area (Å²) in [4.78, 5) is 12.6. The molecule has 29 heavy (non-hydrogen) atoms. The Hall–Kier alpha value is -2.69. The Balaban J connectivity index is 1.52. The fourth-order valence-electron chi connectivity index (χ4n) is 3.79. The molecule has 0 radical (unpaired) electrons. The number of ether oxygens (including phenoxy) is 3. The molecule has 156 valence electrons. The van der Waals surface area contributed by atoms with Crippen LogP contribution in [0.3, 0.4) is 0 Å². The van der Waals surface area contributed by atoms with E-state index in [0.29, 0.717) is 19.4 Å². The van der Waals surface area contributed by atoms with Crippen LogP contribution in [0.1, 0.15) is 57.6 Å². The zero-order valence-corrected chi connectivity index (χ0v) is 17.6. The second-order valence-electron chi connectivity index (χ2n) is 7.48. The highest BCUT2D eigenvalue weighted by Crippen LogP contribution is 2.42. The average Bonchev–Trinajstić information content (AvgIpc) is 2.77. The molecule has 1 heterocycles. The van der Waals surface area contributed by atoms with Gasteiger partial charge in [0.2, 0.25) is 5.91 Å². The Morgan fingerprint density at radius 1 is 1.10 bits per heavy atom. The van der Waals surface area contributed by atoms with Crippen molar-refractivity contribution in [3.8, 4) is 17.2 Å². The Bertz CT molecular complexity index is 799. The lowest BCUT2D eigenvalue weighted by Crippen LogP contribution is -2.44. The average molecular weight is 398 g/mol. The van der Waals surface area contributed by atoms with Gasteiger partial charge in [0.25, 0.3) is 0 Å². The summed E-state index contributed by atoms with van der Waals surface area (Å²) >= 11 is 0. The summed E-state index contributed by atoms with van der Waals surface area (Å²) in [6.45, 7) is 4.79. The summed E-state index contributed by atoms with van der Waals surface area (Å²) in [7, 11) is 1.64. The number of nitrogens with one attached hydrogen (secondary N) is 1. The molecule has 0 saturated heterocycles. The lowest BCUT2D eigenvalue weighted by Gasteiger charge is -2.41. The van der Waals surface area contributed by atoms with E-state index in [1.807, 2.05) is 48.5 Å². The molecule has 1 amide bonds. The van der Waals surface area contributed by atoms with Crippen LogP contribution in [0.25, 0.3) is 0 Å². The number of methoxy groups -OCH3 is 1. The zero-order valence-electron chi connectivity index (χ0n) is 17.6. The molecule has 1 N–H and O–H groups in total. The van der Waals surface area contributed by atoms with Crippen molar-refractivity contribution in [1.82, 2.24) is 5.32 Å². The number of amides is 1. The third-order valence-corrected chi connectivity index (χ3v) is 5.70. The number of para-hydroxylation sites is 1. The van der Waals surface area contributed by atoms with Gasteiger partial charge in [-0.2, -0.15) is 0 Å². The second kappa shape index (κ2) is 9.68. The molecule has 2 aromatic carbocycles. The number of hydrogen-bond acceptors (Lipinski definition) is 4. The number of carbonyl (C=O) groups is 1. The summed E-state index contributed by atoms with van der Waals surface area (Å²) in [5.74, 6) is 2.51. The van der Waals surface area contributed by atoms with Crippen LogP contribution in [0, 0.1) is 0 Å². The smallest absolute Gasteiger partial charge is 0.220 e. The van der Waals surface area contributed by atoms with E-state index >= 15 is 0 Å². The van der Waals surface area contributed by atoms with Gasteiger partial charge in [0.15, 0.2) is 0 Å². The molecule has 0 aliphatic carbocycles. The molecule has 0 saturated carbocycles. The maximum absolute atomic E-state index is 12.6. The molecule has 3 rings (SSSR count). The van der Waals surface area contributed by atoms with Crippen LogP contribution >= 0.6 is 0 Å². The lowest BCUT2D eigenvalue weighted by molar-refractivity contribution is -0.122. The minimum Gasteiger partial charge on any atom is -0.497 e. The van der Waals surface area contributed by atoms with Crippen molar-refractivity contribution in [2.75, 3.05) is 13.7 Å². The summed E-state index contributed by atoms with van der Waals surface area (Å²) in [6, 6.07) is 15.5. The van der Waals surface area contributed by atoms with Crippen molar-refractivity contribution in [2.24, 2.45) is 0 Å². The lowest BCUT2D eigenvalue weighted by atomic mass is 9.83. The van der Waals surface area contributed by atoms with Gasteiger partial charge < -0.3 is 19.5 Å². The van der Waals surface area contributed by atoms with E-state index in [-0.39, 0.29) is 17.6 Å². The third kappa shape index (κ3) is 5.22. The molecular formula is C24H31NO4. The Labute approximate surface area is 173 Å². The van der Waals surface area contributed by atoms with Crippen LogP contribution in [0.4, 0.5) is 0 Å². The van der Waals surface area contributed by atoms with Gasteiger partial charge in [0.1, 0.15) is 22.8 Å². The van der Waals surface area contributed by atoms with Crippen LogP contribution in [0.15, 0.2) is 48.5 Å². The summed E-state index contributed by atoms with van der Waals surface area (Å²) < 4.78 is 17.2. The first-order chi connectivity index (χ1) is 14.1. The highest BCUT2D eigenvalue weighted by molar-refractivity contribution is 5.76. The third-order valence-electron chi connectivity index (χ3n) is 5.70. The molecule has 5 heteroatoms. The van der Waals surface area contributed by atoms with Crippen molar-refractivity contribution >= 4 is 5.91 Å². The topological polar surface area (TPSA) is 56.8 Å². The van der Waals surface area contributed by atoms with Gasteiger partial charge >= 0.3 is 0 Å². The van der Waals surface area contributed by atoms with Crippen molar-refractivity contribution in [2.45, 2.75) is 57.6 Å². The molecule has 1 aliphatic heterocycles. The van der Waals surface area contributed by atoms with Gasteiger partial charge in [-0.15, -0.1) is 0 Å². The van der Waals surface area contributed by atoms with E-state index in [0.717, 1.165) is 42.1 Å². The standard InChI is InChI=1S/C24H31NO4/c1-4-24(5-2)17-21(20-9-6-7-10-22(20)29-24)25-23(26)11-8-16-28-19-14-12-18(27-3)13-15-19/h6-7,9-10,12-15,21H,4-5,8,11,16-17H2,1-3H3,(H,25,26). The molecule has 0 aromatic heterocycles. The first-order valence-corrected chi connectivity index (χ1v) is 10.4. The van der Waals surface area contributed by atoms with Gasteiger partial charge in [0, 0.05) is 18.4 Å². The molecular weight excluding hydrogens is 366 g/mol. The van der Waals surface area contributed by atoms with Crippen molar-refractivity contribution in [3.05, 3.63) is 54.1 Å². The van der Waals surface area contributed by atoms with E-state index < -0.39 is 0 Å². The quantitative estimate of drug-likeness (QED) is 0.602. The number of benzene rings is 2. The fraction of sp³-hybridized carbons (Fsp3) is 0.458. The predicted octanol–water partition coefficient (Wildman–Crippen LogP) is 5.05. The van der Waals surface area contributed by atoms with Gasteiger partial charge in [-0.25, -0.2) is 0 Å². The molecule has 0 fully saturated rings. The van der Waals surface area contributed by atoms with Crippen LogP contribution in [0.2, 0.25) is 0 Å². The van der Waals surface area contributed by atoms with Gasteiger partial charge in [-0.05, 0) is 49.6 Å². The van der Waals surface area contributed by atoms with E-state index in [1.165, 1.54) is 0 Å². The number of fused-ring (bicyclic) bond motifs is 1. The highest BCUT2D eigenvalue weighted by atomic mass is 16.5. The number of carbonyl (C=O) groups excluding carboxylic acids is 1. The van der Waals surface area contributed by atoms with E-state index in [1.54, 1.807) is 7.11 Å². The number of hydrogen-bond donors (Lipinski definition) is 1. The summed E-state index contributed by atoms with van der Waals surface area (Å²) in [6.07, 6.45) is 3.72. The zero-order chi connectivity index (χ0) is 20.7. The van der Waals surface area contributed by atoms with Crippen LogP contribution in [-0.4, -0.2) is 25.2 Å². The fourth-order valence-corrected chi connectivity index (χ4v) is 3.79. The van der Waals surface area contributed by atoms with Crippen molar-refractivity contribution in [1.29, 1.82) is 0 Å². The Morgan fingerprint density at radius 2 is 1.79 bits per heavy atom. The molecule has 1 unspecified atom stereocenters. The largest absolute Gasteiger partial charge is 0.497 e.